The molecule has 214 valence electrons. The van der Waals surface area contributed by atoms with E-state index in [0.29, 0.717) is 12.3 Å². The maximum absolute atomic E-state index is 14.6. The van der Waals surface area contributed by atoms with Crippen LogP contribution in [0.4, 0.5) is 10.1 Å². The van der Waals surface area contributed by atoms with Gasteiger partial charge in [0.1, 0.15) is 0 Å². The molecule has 0 unspecified atom stereocenters. The number of amides is 1. The van der Waals surface area contributed by atoms with Gasteiger partial charge in [0.25, 0.3) is 5.91 Å². The molecule has 0 fully saturated rings. The molecule has 3 aromatic rings. The topological polar surface area (TPSA) is 42.2 Å². The second-order valence-corrected chi connectivity index (χ2v) is 11.2. The van der Waals surface area contributed by atoms with Crippen LogP contribution in [0.5, 0.6) is 5.75 Å². The number of aryl methyl sites for hydroxylation is 1. The van der Waals surface area contributed by atoms with Crippen LogP contribution >= 0.6 is 11.3 Å². The highest BCUT2D eigenvalue weighted by molar-refractivity contribution is 7.09. The fourth-order valence-electron chi connectivity index (χ4n) is 4.52. The van der Waals surface area contributed by atoms with E-state index >= 15 is 0 Å². The molecule has 0 saturated heterocycles. The molecule has 1 heterocycles. The molecule has 2 aromatic carbocycles. The van der Waals surface area contributed by atoms with E-state index in [-0.39, 0.29) is 34.2 Å². The maximum Gasteiger partial charge on any atom is 0.255 e. The fraction of sp³-hybridized carbons (Fsp3) is 0.500. The van der Waals surface area contributed by atoms with Gasteiger partial charge in [-0.3, -0.25) is 4.79 Å². The number of hydrogen-bond donors (Lipinski definition) is 1. The van der Waals surface area contributed by atoms with Gasteiger partial charge in [-0.2, -0.15) is 4.57 Å². The van der Waals surface area contributed by atoms with Crippen molar-refractivity contribution < 1.29 is 35.5 Å². The van der Waals surface area contributed by atoms with Crippen LogP contribution in [0.1, 0.15) is 105 Å². The summed E-state index contributed by atoms with van der Waals surface area (Å²) in [5.74, 6) is -0.641. The fourth-order valence-corrected chi connectivity index (χ4v) is 5.18. The van der Waals surface area contributed by atoms with Gasteiger partial charge in [0, 0.05) is 23.7 Å². The van der Waals surface area contributed by atoms with Crippen molar-refractivity contribution >= 4 is 22.9 Å². The highest BCUT2D eigenvalue weighted by Crippen LogP contribution is 2.20. The summed E-state index contributed by atoms with van der Waals surface area (Å²) in [6, 6.07) is 12.1. The van der Waals surface area contributed by atoms with Gasteiger partial charge >= 0.3 is 0 Å². The highest BCUT2D eigenvalue weighted by atomic mass is 79.9. The van der Waals surface area contributed by atoms with E-state index in [4.69, 9.17) is 4.74 Å². The SMILES string of the molecule is CCCCCCCCCCCCCCOc1ccc(C(=O)Nc2ccc(C[n+]3ccsc3C)cc2)cc1F.[Br-]. The molecule has 0 aliphatic rings. The monoisotopic (exact) mass is 618 g/mol. The number of anilines is 1. The summed E-state index contributed by atoms with van der Waals surface area (Å²) in [7, 11) is 0. The van der Waals surface area contributed by atoms with Crippen LogP contribution in [-0.4, -0.2) is 12.5 Å². The average molecular weight is 620 g/mol. The zero-order chi connectivity index (χ0) is 27.0. The first-order chi connectivity index (χ1) is 18.6. The Kier molecular flexibility index (Phi) is 16.0. The van der Waals surface area contributed by atoms with E-state index in [1.54, 1.807) is 23.5 Å². The normalized spacial score (nSPS) is 10.7. The summed E-state index contributed by atoms with van der Waals surface area (Å²) in [4.78, 5) is 12.6. The molecule has 3 rings (SSSR count). The van der Waals surface area contributed by atoms with E-state index in [1.807, 2.05) is 24.3 Å². The Bertz CT molecular complexity index is 1100. The molecule has 0 radical (unpaired) electrons. The highest BCUT2D eigenvalue weighted by Gasteiger charge is 2.12. The van der Waals surface area contributed by atoms with Crippen molar-refractivity contribution in [3.8, 4) is 5.75 Å². The third-order valence-electron chi connectivity index (χ3n) is 6.90. The molecule has 0 saturated carbocycles. The molecule has 0 aliphatic carbocycles. The van der Waals surface area contributed by atoms with Gasteiger partial charge in [-0.15, -0.1) is 0 Å². The van der Waals surface area contributed by atoms with Gasteiger partial charge < -0.3 is 27.0 Å². The van der Waals surface area contributed by atoms with Crippen molar-refractivity contribution in [3.05, 3.63) is 76.0 Å². The van der Waals surface area contributed by atoms with Crippen LogP contribution in [0, 0.1) is 12.7 Å². The number of aromatic nitrogens is 1. The first-order valence-corrected chi connectivity index (χ1v) is 15.2. The smallest absolute Gasteiger partial charge is 0.255 e. The number of halogens is 2. The Morgan fingerprint density at radius 1 is 0.897 bits per heavy atom. The first kappa shape index (κ1) is 33.0. The third kappa shape index (κ3) is 12.2. The Hall–Kier alpha value is -2.25. The quantitative estimate of drug-likeness (QED) is 0.143. The molecule has 0 bridgehead atoms. The average Bonchev–Trinajstić information content (AvgIpc) is 3.32. The summed E-state index contributed by atoms with van der Waals surface area (Å²) in [5.41, 5.74) is 2.10. The Balaban J connectivity index is 0.00000533. The van der Waals surface area contributed by atoms with Crippen molar-refractivity contribution in [2.75, 3.05) is 11.9 Å². The Morgan fingerprint density at radius 2 is 1.51 bits per heavy atom. The third-order valence-corrected chi connectivity index (χ3v) is 7.73. The molecular formula is C32H44BrFN2O2S. The van der Waals surface area contributed by atoms with E-state index in [0.717, 1.165) is 24.9 Å². The zero-order valence-corrected chi connectivity index (χ0v) is 25.9. The van der Waals surface area contributed by atoms with Gasteiger partial charge in [-0.25, -0.2) is 4.39 Å². The molecule has 0 atom stereocenters. The van der Waals surface area contributed by atoms with Crippen molar-refractivity contribution in [1.29, 1.82) is 0 Å². The second-order valence-electron chi connectivity index (χ2n) is 10.1. The molecule has 7 heteroatoms. The van der Waals surface area contributed by atoms with Gasteiger partial charge in [-0.05, 0) is 36.8 Å². The Labute approximate surface area is 248 Å². The van der Waals surface area contributed by atoms with Crippen LogP contribution in [0.25, 0.3) is 0 Å². The molecule has 1 N–H and O–H groups in total. The van der Waals surface area contributed by atoms with Crippen molar-refractivity contribution in [2.45, 2.75) is 97.4 Å². The zero-order valence-electron chi connectivity index (χ0n) is 23.5. The molecule has 4 nitrogen and oxygen atoms in total. The van der Waals surface area contributed by atoms with Crippen LogP contribution in [0.3, 0.4) is 0 Å². The van der Waals surface area contributed by atoms with Crippen LogP contribution < -0.4 is 31.6 Å². The minimum atomic E-state index is -0.505. The van der Waals surface area contributed by atoms with Crippen molar-refractivity contribution in [2.24, 2.45) is 0 Å². The minimum absolute atomic E-state index is 0. The summed E-state index contributed by atoms with van der Waals surface area (Å²) in [6.45, 7) is 5.63. The van der Waals surface area contributed by atoms with Crippen molar-refractivity contribution in [3.63, 3.8) is 0 Å². The molecule has 1 aromatic heterocycles. The lowest BCUT2D eigenvalue weighted by Gasteiger charge is -2.10. The molecule has 1 amide bonds. The number of nitrogens with zero attached hydrogens (tertiary/aromatic N) is 1. The van der Waals surface area contributed by atoms with Crippen LogP contribution in [-0.2, 0) is 6.54 Å². The van der Waals surface area contributed by atoms with Crippen LogP contribution in [0.15, 0.2) is 54.0 Å². The lowest BCUT2D eigenvalue weighted by atomic mass is 10.1. The van der Waals surface area contributed by atoms with Crippen LogP contribution in [0.2, 0.25) is 0 Å². The predicted octanol–water partition coefficient (Wildman–Crippen LogP) is 5.87. The van der Waals surface area contributed by atoms with E-state index in [1.165, 1.54) is 75.3 Å². The minimum Gasteiger partial charge on any atom is -1.00 e. The largest absolute Gasteiger partial charge is 1.00 e. The summed E-state index contributed by atoms with van der Waals surface area (Å²) < 4.78 is 22.4. The summed E-state index contributed by atoms with van der Waals surface area (Å²) in [5, 5.41) is 6.16. The number of ether oxygens (including phenoxy) is 1. The number of carbonyl (C=O) groups excluding carboxylic acids is 1. The van der Waals surface area contributed by atoms with Crippen molar-refractivity contribution in [1.82, 2.24) is 0 Å². The number of hydrogen-bond acceptors (Lipinski definition) is 3. The van der Waals surface area contributed by atoms with E-state index in [9.17, 15) is 9.18 Å². The standard InChI is InChI=1S/C32H43FN2O2S.BrH/c1-3-4-5-6-7-8-9-10-11-12-13-14-22-37-31-20-17-28(24-30(31)33)32(36)34-29-18-15-27(16-19-29)25-35-21-23-38-26(35)2;/h15-21,23-24H,3-14,22,25H2,1-2H3;1H. The lowest BCUT2D eigenvalue weighted by Crippen LogP contribution is -3.00. The second kappa shape index (κ2) is 18.9. The van der Waals surface area contributed by atoms with Gasteiger partial charge in [0.2, 0.25) is 5.01 Å². The van der Waals surface area contributed by atoms with E-state index in [2.05, 4.69) is 35.3 Å². The van der Waals surface area contributed by atoms with Gasteiger partial charge in [0.05, 0.1) is 12.0 Å². The molecule has 0 aliphatic heterocycles. The Morgan fingerprint density at radius 3 is 2.08 bits per heavy atom. The number of benzene rings is 2. The van der Waals surface area contributed by atoms with E-state index < -0.39 is 5.82 Å². The number of thiazole rings is 1. The number of unbranched alkanes of at least 4 members (excludes halogenated alkanes) is 11. The van der Waals surface area contributed by atoms with Gasteiger partial charge in [0.15, 0.2) is 24.3 Å². The summed E-state index contributed by atoms with van der Waals surface area (Å²) in [6.07, 6.45) is 17.4. The maximum atomic E-state index is 14.6. The number of rotatable bonds is 18. The van der Waals surface area contributed by atoms with Gasteiger partial charge in [-0.1, -0.05) is 101 Å². The first-order valence-electron chi connectivity index (χ1n) is 14.3. The predicted molar refractivity (Wildman–Crippen MR) is 156 cm³/mol. The molecule has 0 spiro atoms. The lowest BCUT2D eigenvalue weighted by molar-refractivity contribution is -0.689. The summed E-state index contributed by atoms with van der Waals surface area (Å²) >= 11 is 1.71. The number of nitrogens with one attached hydrogen (secondary N) is 1. The molecular weight excluding hydrogens is 575 g/mol. The number of carbonyl (C=O) groups is 1. The molecule has 39 heavy (non-hydrogen) atoms.